The van der Waals surface area contributed by atoms with Crippen LogP contribution in [-0.2, 0) is 73.5 Å². The topological polar surface area (TPSA) is 469 Å². The van der Waals surface area contributed by atoms with E-state index in [1.165, 1.54) is 0 Å². The highest BCUT2D eigenvalue weighted by molar-refractivity contribution is 5.99. The van der Waals surface area contributed by atoms with Crippen molar-refractivity contribution >= 4 is 83.0 Å². The Morgan fingerprint density at radius 3 is 1.26 bits per heavy atom. The molecule has 0 bridgehead atoms. The van der Waals surface area contributed by atoms with Crippen LogP contribution in [0.15, 0.2) is 30.3 Å². The molecule has 77 heavy (non-hydrogen) atoms. The number of aliphatic hydroxyl groups excluding tert-OH is 1. The Morgan fingerprint density at radius 1 is 0.442 bits per heavy atom. The van der Waals surface area contributed by atoms with Crippen molar-refractivity contribution in [3.63, 3.8) is 0 Å². The molecule has 0 aliphatic heterocycles. The number of carbonyl (C=O) groups excluding carboxylic acids is 9. The molecule has 0 aromatic heterocycles. The highest BCUT2D eigenvalue weighted by Crippen LogP contribution is 2.11. The summed E-state index contributed by atoms with van der Waals surface area (Å²) in [6.07, 6.45) is -7.29. The second kappa shape index (κ2) is 33.6. The molecule has 1 aromatic rings. The number of aliphatic hydroxyl groups is 1. The van der Waals surface area contributed by atoms with Crippen molar-refractivity contribution in [3.05, 3.63) is 35.9 Å². The van der Waals surface area contributed by atoms with E-state index in [-0.39, 0.29) is 31.1 Å². The third-order valence-electron chi connectivity index (χ3n) is 11.0. The molecule has 15 N–H and O–H groups in total. The predicted octanol–water partition coefficient (Wildman–Crippen LogP) is -3.13. The Kier molecular flexibility index (Phi) is 29.2. The van der Waals surface area contributed by atoms with Crippen LogP contribution < -0.4 is 47.9 Å². The fourth-order valence-electron chi connectivity index (χ4n) is 7.24. The fourth-order valence-corrected chi connectivity index (χ4v) is 7.24. The molecule has 0 radical (unpaired) electrons. The Balaban J connectivity index is 3.37. The number of rotatable bonds is 36. The highest BCUT2D eigenvalue weighted by Gasteiger charge is 2.36. The van der Waals surface area contributed by atoms with Crippen LogP contribution in [-0.4, -0.2) is 175 Å². The lowest BCUT2D eigenvalue weighted by Gasteiger charge is -2.27. The van der Waals surface area contributed by atoms with Crippen molar-refractivity contribution < 1.29 is 97.8 Å². The first-order valence-corrected chi connectivity index (χ1v) is 24.4. The van der Waals surface area contributed by atoms with Crippen LogP contribution in [0.2, 0.25) is 0 Å². The summed E-state index contributed by atoms with van der Waals surface area (Å²) in [5.74, 6) is -17.7. The molecule has 0 saturated heterocycles. The molecule has 0 saturated carbocycles. The summed E-state index contributed by atoms with van der Waals surface area (Å²) in [7, 11) is 0. The normalized spacial score (nSPS) is 14.5. The number of carboxylic acids is 5. The minimum Gasteiger partial charge on any atom is -0.481 e. The smallest absolute Gasteiger partial charge is 0.326 e. The predicted molar refractivity (Wildman–Crippen MR) is 265 cm³/mol. The van der Waals surface area contributed by atoms with Crippen molar-refractivity contribution in [1.82, 2.24) is 47.9 Å². The Labute approximate surface area is 442 Å². The first-order chi connectivity index (χ1) is 35.9. The van der Waals surface area contributed by atoms with Crippen LogP contribution in [0.5, 0.6) is 0 Å². The number of carboxylic acid groups (broad SMARTS) is 5. The van der Waals surface area contributed by atoms with Gasteiger partial charge in [-0.3, -0.25) is 62.3 Å². The van der Waals surface area contributed by atoms with Crippen molar-refractivity contribution in [2.45, 2.75) is 160 Å². The monoisotopic (exact) mass is 1090 g/mol. The Morgan fingerprint density at radius 2 is 0.831 bits per heavy atom. The summed E-state index contributed by atoms with van der Waals surface area (Å²) in [5.41, 5.74) is 0.528. The largest absolute Gasteiger partial charge is 0.481 e. The summed E-state index contributed by atoms with van der Waals surface area (Å²) >= 11 is 0. The zero-order valence-corrected chi connectivity index (χ0v) is 43.4. The van der Waals surface area contributed by atoms with E-state index in [1.54, 1.807) is 58.0 Å². The number of hydrogen-bond donors (Lipinski definition) is 15. The second-order valence-corrected chi connectivity index (χ2v) is 18.8. The van der Waals surface area contributed by atoms with E-state index in [1.807, 2.05) is 0 Å². The molecule has 1 rings (SSSR count). The number of benzene rings is 1. The van der Waals surface area contributed by atoms with Crippen LogP contribution in [0.4, 0.5) is 0 Å². The average molecular weight is 1090 g/mol. The minimum absolute atomic E-state index is 0.0302. The molecular formula is C48H71N9O20. The van der Waals surface area contributed by atoms with Gasteiger partial charge in [0.2, 0.25) is 53.2 Å². The molecule has 0 unspecified atom stereocenters. The van der Waals surface area contributed by atoms with Gasteiger partial charge in [-0.1, -0.05) is 58.0 Å². The molecule has 428 valence electrons. The van der Waals surface area contributed by atoms with E-state index in [0.717, 1.165) is 13.8 Å². The van der Waals surface area contributed by atoms with Crippen LogP contribution in [0.25, 0.3) is 0 Å². The van der Waals surface area contributed by atoms with E-state index in [9.17, 15) is 97.8 Å². The van der Waals surface area contributed by atoms with Gasteiger partial charge < -0.3 is 78.5 Å². The third-order valence-corrected chi connectivity index (χ3v) is 11.0. The quantitative estimate of drug-likeness (QED) is 0.0316. The van der Waals surface area contributed by atoms with E-state index in [4.69, 9.17) is 0 Å². The maximum Gasteiger partial charge on any atom is 0.326 e. The number of nitrogens with one attached hydrogen (secondary N) is 9. The summed E-state index contributed by atoms with van der Waals surface area (Å²) in [6, 6.07) is -5.22. The molecule has 0 aliphatic carbocycles. The van der Waals surface area contributed by atoms with Crippen molar-refractivity contribution in [2.75, 3.05) is 6.54 Å². The molecule has 29 heteroatoms. The van der Waals surface area contributed by atoms with E-state index < -0.39 is 189 Å². The first kappa shape index (κ1) is 66.8. The maximum absolute atomic E-state index is 13.7. The van der Waals surface area contributed by atoms with Crippen molar-refractivity contribution in [1.29, 1.82) is 0 Å². The molecule has 1 aromatic carbocycles. The van der Waals surface area contributed by atoms with Crippen LogP contribution in [0, 0.1) is 11.8 Å². The third kappa shape index (κ3) is 27.2. The highest BCUT2D eigenvalue weighted by atomic mass is 16.4. The average Bonchev–Trinajstić information content (AvgIpc) is 3.31. The van der Waals surface area contributed by atoms with Gasteiger partial charge in [0, 0.05) is 32.6 Å². The van der Waals surface area contributed by atoms with E-state index in [0.29, 0.717) is 5.56 Å². The van der Waals surface area contributed by atoms with E-state index >= 15 is 0 Å². The Hall–Kier alpha value is -8.24. The molecule has 29 nitrogen and oxygen atoms in total. The van der Waals surface area contributed by atoms with Gasteiger partial charge in [0.1, 0.15) is 48.3 Å². The summed E-state index contributed by atoms with van der Waals surface area (Å²) in [4.78, 5) is 178. The lowest BCUT2D eigenvalue weighted by molar-refractivity contribution is -0.143. The molecule has 9 atom stereocenters. The number of carbonyl (C=O) groups is 14. The van der Waals surface area contributed by atoms with Gasteiger partial charge in [0.05, 0.1) is 19.1 Å². The van der Waals surface area contributed by atoms with Crippen LogP contribution >= 0.6 is 0 Å². The maximum atomic E-state index is 13.7. The van der Waals surface area contributed by atoms with Gasteiger partial charge in [-0.25, -0.2) is 4.79 Å². The van der Waals surface area contributed by atoms with Crippen LogP contribution in [0.3, 0.4) is 0 Å². The molecular weight excluding hydrogens is 1020 g/mol. The van der Waals surface area contributed by atoms with Crippen LogP contribution in [0.1, 0.15) is 105 Å². The molecule has 0 heterocycles. The van der Waals surface area contributed by atoms with Gasteiger partial charge in [-0.2, -0.15) is 0 Å². The SMILES string of the molecule is CC(=O)N[C@@H](CC(C)C)C(=O)N[C@@H](CC(=O)O)C(=O)N[C@@H](CCC(=O)O)C(=O)N[C@@H](CCC(=O)O)C(=O)N[C@H](C(=O)NCC(=O)N[C@@H](CCC(=O)O)C(=O)N[C@@H](Cc1ccccc1)C(=O)N[C@@H](CC(C)C)C(=O)O)[C@@H](C)O. The van der Waals surface area contributed by atoms with Gasteiger partial charge in [0.25, 0.3) is 0 Å². The minimum atomic E-state index is -1.98. The van der Waals surface area contributed by atoms with Gasteiger partial charge >= 0.3 is 29.8 Å². The number of amides is 9. The molecule has 0 spiro atoms. The summed E-state index contributed by atoms with van der Waals surface area (Å²) < 4.78 is 0. The summed E-state index contributed by atoms with van der Waals surface area (Å²) in [6.45, 7) is 7.99. The van der Waals surface area contributed by atoms with Crippen molar-refractivity contribution in [3.8, 4) is 0 Å². The standard InChI is InChI=1S/C48H71N9O20/c1-23(2)18-31(50-26(6)59)44(72)55-33(21-39(67)68)46(74)53-29(13-16-37(63)64)42(70)52-30(14-17-38(65)66)43(71)57-40(25(5)58)47(75)49-22-35(60)51-28(12-15-36(61)62)41(69)54-32(20-27-10-8-7-9-11-27)45(73)56-34(48(76)77)19-24(3)4/h7-11,23-25,28-34,40,58H,12-22H2,1-6H3,(H,49,75)(H,50,59)(H,51,60)(H,52,70)(H,53,74)(H,54,69)(H,55,72)(H,56,73)(H,57,71)(H,61,62)(H,63,64)(H,65,66)(H,67,68)(H,76,77)/t25-,28+,29+,30+,31+,32+,33+,34+,40+/m1/s1. The van der Waals surface area contributed by atoms with E-state index in [2.05, 4.69) is 47.9 Å². The number of aliphatic carboxylic acids is 5. The fraction of sp³-hybridized carbons (Fsp3) is 0.583. The Bertz CT molecular complexity index is 2280. The second-order valence-electron chi connectivity index (χ2n) is 18.8. The first-order valence-electron chi connectivity index (χ1n) is 24.4. The summed E-state index contributed by atoms with van der Waals surface area (Å²) in [5, 5.41) is 78.2. The van der Waals surface area contributed by atoms with Gasteiger partial charge in [-0.15, -0.1) is 0 Å². The van der Waals surface area contributed by atoms with Gasteiger partial charge in [0.15, 0.2) is 0 Å². The molecule has 0 fully saturated rings. The lowest BCUT2D eigenvalue weighted by atomic mass is 10.0. The van der Waals surface area contributed by atoms with Crippen molar-refractivity contribution in [2.24, 2.45) is 11.8 Å². The lowest BCUT2D eigenvalue weighted by Crippen LogP contribution is -2.61. The number of hydrogen-bond acceptors (Lipinski definition) is 15. The zero-order chi connectivity index (χ0) is 58.7. The molecule has 0 aliphatic rings. The zero-order valence-electron chi connectivity index (χ0n) is 43.4. The van der Waals surface area contributed by atoms with Gasteiger partial charge in [-0.05, 0) is 56.4 Å². The molecule has 9 amide bonds.